The molecule has 1 N–H and O–H groups in total. The van der Waals surface area contributed by atoms with Crippen LogP contribution in [0.5, 0.6) is 0 Å². The number of nitrogens with zero attached hydrogens (tertiary/aromatic N) is 1. The molecule has 9 heteroatoms. The van der Waals surface area contributed by atoms with E-state index in [9.17, 15) is 31.5 Å². The number of hydrogen-bond donors (Lipinski definition) is 1. The van der Waals surface area contributed by atoms with E-state index < -0.39 is 57.9 Å². The van der Waals surface area contributed by atoms with Gasteiger partial charge in [-0.25, -0.2) is 8.78 Å². The number of anilines is 1. The molecule has 0 aliphatic carbocycles. The monoisotopic (exact) mass is 348 g/mol. The van der Waals surface area contributed by atoms with Crippen LogP contribution in [0.2, 0.25) is 0 Å². The van der Waals surface area contributed by atoms with E-state index >= 15 is 0 Å². The fourth-order valence-corrected chi connectivity index (χ4v) is 3.26. The third-order valence-electron chi connectivity index (χ3n) is 4.45. The van der Waals surface area contributed by atoms with Crippen LogP contribution in [0.4, 0.5) is 27.6 Å². The summed E-state index contributed by atoms with van der Waals surface area (Å²) in [6.45, 7) is 2.67. The summed E-state index contributed by atoms with van der Waals surface area (Å²) in [6, 6.07) is -1.04. The Morgan fingerprint density at radius 1 is 1.25 bits per heavy atom. The summed E-state index contributed by atoms with van der Waals surface area (Å²) in [6.07, 6.45) is -4.93. The SMILES string of the molecule is CC1(C)C(=O)N(C2CCNC2=O)c2c(F)cc(C(F)(F)F)c(F)c21. The summed E-state index contributed by atoms with van der Waals surface area (Å²) in [4.78, 5) is 25.3. The van der Waals surface area contributed by atoms with E-state index in [4.69, 9.17) is 0 Å². The molecule has 1 atom stereocenters. The van der Waals surface area contributed by atoms with Crippen molar-refractivity contribution in [1.29, 1.82) is 0 Å². The highest BCUT2D eigenvalue weighted by Crippen LogP contribution is 2.49. The van der Waals surface area contributed by atoms with Crippen LogP contribution in [0, 0.1) is 11.6 Å². The quantitative estimate of drug-likeness (QED) is 0.793. The smallest absolute Gasteiger partial charge is 0.354 e. The van der Waals surface area contributed by atoms with Gasteiger partial charge in [-0.2, -0.15) is 13.2 Å². The number of halogens is 5. The molecule has 1 fully saturated rings. The summed E-state index contributed by atoms with van der Waals surface area (Å²) in [5.74, 6) is -4.42. The lowest BCUT2D eigenvalue weighted by Gasteiger charge is -2.24. The number of rotatable bonds is 1. The molecule has 0 aromatic heterocycles. The molecule has 0 bridgehead atoms. The molecule has 1 aromatic rings. The highest BCUT2D eigenvalue weighted by molar-refractivity contribution is 6.12. The van der Waals surface area contributed by atoms with Gasteiger partial charge in [0.1, 0.15) is 17.7 Å². The first-order valence-electron chi connectivity index (χ1n) is 7.19. The number of carbonyl (C=O) groups is 2. The van der Waals surface area contributed by atoms with Gasteiger partial charge in [-0.1, -0.05) is 0 Å². The number of nitrogens with one attached hydrogen (secondary N) is 1. The van der Waals surface area contributed by atoms with E-state index in [1.807, 2.05) is 0 Å². The van der Waals surface area contributed by atoms with Crippen molar-refractivity contribution in [3.05, 3.63) is 28.8 Å². The van der Waals surface area contributed by atoms with Gasteiger partial charge in [0.2, 0.25) is 11.8 Å². The van der Waals surface area contributed by atoms with Crippen molar-refractivity contribution >= 4 is 17.5 Å². The van der Waals surface area contributed by atoms with Crippen LogP contribution in [0.25, 0.3) is 0 Å². The van der Waals surface area contributed by atoms with Crippen molar-refractivity contribution in [2.45, 2.75) is 37.9 Å². The molecule has 1 aromatic carbocycles. The third kappa shape index (κ3) is 2.10. The number of carbonyl (C=O) groups excluding carboxylic acids is 2. The highest BCUT2D eigenvalue weighted by atomic mass is 19.4. The molecule has 0 radical (unpaired) electrons. The lowest BCUT2D eigenvalue weighted by molar-refractivity contribution is -0.140. The molecule has 1 unspecified atom stereocenters. The Bertz CT molecular complexity index is 757. The maximum Gasteiger partial charge on any atom is 0.419 e. The Hall–Kier alpha value is -2.19. The predicted octanol–water partition coefficient (Wildman–Crippen LogP) is 2.50. The lowest BCUT2D eigenvalue weighted by Crippen LogP contribution is -2.46. The lowest BCUT2D eigenvalue weighted by atomic mass is 9.84. The Balaban J connectivity index is 2.28. The zero-order valence-electron chi connectivity index (χ0n) is 12.7. The number of alkyl halides is 3. The van der Waals surface area contributed by atoms with Crippen molar-refractivity contribution in [2.75, 3.05) is 11.4 Å². The summed E-state index contributed by atoms with van der Waals surface area (Å²) in [5, 5.41) is 2.47. The van der Waals surface area contributed by atoms with Crippen molar-refractivity contribution in [2.24, 2.45) is 0 Å². The second-order valence-electron chi connectivity index (χ2n) is 6.34. The van der Waals surface area contributed by atoms with Crippen molar-refractivity contribution in [3.63, 3.8) is 0 Å². The van der Waals surface area contributed by atoms with Crippen molar-refractivity contribution in [1.82, 2.24) is 5.32 Å². The first-order chi connectivity index (χ1) is 11.0. The largest absolute Gasteiger partial charge is 0.419 e. The van der Waals surface area contributed by atoms with Gasteiger partial charge >= 0.3 is 6.18 Å². The normalized spacial score (nSPS) is 22.8. The van der Waals surface area contributed by atoms with E-state index in [1.54, 1.807) is 0 Å². The highest BCUT2D eigenvalue weighted by Gasteiger charge is 2.54. The predicted molar refractivity (Wildman–Crippen MR) is 73.3 cm³/mol. The van der Waals surface area contributed by atoms with Crippen LogP contribution in [0.3, 0.4) is 0 Å². The van der Waals surface area contributed by atoms with Gasteiger partial charge in [0, 0.05) is 12.1 Å². The van der Waals surface area contributed by atoms with Gasteiger partial charge in [-0.15, -0.1) is 0 Å². The molecular weight excluding hydrogens is 335 g/mol. The minimum absolute atomic E-state index is 0.0305. The Kier molecular flexibility index (Phi) is 3.40. The average Bonchev–Trinajstić information content (AvgIpc) is 2.94. The van der Waals surface area contributed by atoms with Crippen LogP contribution in [-0.4, -0.2) is 24.4 Å². The van der Waals surface area contributed by atoms with E-state index in [-0.39, 0.29) is 19.0 Å². The Morgan fingerprint density at radius 3 is 2.38 bits per heavy atom. The maximum absolute atomic E-state index is 14.5. The number of amides is 2. The maximum atomic E-state index is 14.5. The van der Waals surface area contributed by atoms with Gasteiger partial charge in [0.25, 0.3) is 0 Å². The zero-order chi connectivity index (χ0) is 18.0. The zero-order valence-corrected chi connectivity index (χ0v) is 12.7. The van der Waals surface area contributed by atoms with Gasteiger partial charge in [-0.05, 0) is 26.3 Å². The Morgan fingerprint density at radius 2 is 1.88 bits per heavy atom. The van der Waals surface area contributed by atoms with Gasteiger partial charge in [-0.3, -0.25) is 14.5 Å². The first kappa shape index (κ1) is 16.7. The molecule has 1 saturated heterocycles. The second-order valence-corrected chi connectivity index (χ2v) is 6.34. The number of hydrogen-bond acceptors (Lipinski definition) is 2. The van der Waals surface area contributed by atoms with Gasteiger partial charge < -0.3 is 5.32 Å². The minimum Gasteiger partial charge on any atom is -0.354 e. The standard InChI is InChI=1S/C15H13F5N2O2/c1-14(2)9-10(17)6(15(18,19)20)5-7(16)11(9)22(13(14)24)8-3-4-21-12(8)23/h5,8H,3-4H2,1-2H3,(H,21,23). The summed E-state index contributed by atoms with van der Waals surface area (Å²) < 4.78 is 67.7. The van der Waals surface area contributed by atoms with Crippen LogP contribution in [0.1, 0.15) is 31.4 Å². The number of fused-ring (bicyclic) bond motifs is 1. The fourth-order valence-electron chi connectivity index (χ4n) is 3.26. The molecule has 2 aliphatic heterocycles. The van der Waals surface area contributed by atoms with Gasteiger partial charge in [0.15, 0.2) is 0 Å². The van der Waals surface area contributed by atoms with E-state index in [0.29, 0.717) is 0 Å². The summed E-state index contributed by atoms with van der Waals surface area (Å²) in [7, 11) is 0. The number of benzene rings is 1. The van der Waals surface area contributed by atoms with E-state index in [0.717, 1.165) is 4.90 Å². The van der Waals surface area contributed by atoms with Crippen molar-refractivity contribution in [3.8, 4) is 0 Å². The molecule has 0 spiro atoms. The Labute approximate surface area is 133 Å². The molecule has 24 heavy (non-hydrogen) atoms. The molecule has 130 valence electrons. The molecule has 2 amide bonds. The topological polar surface area (TPSA) is 49.4 Å². The molecule has 4 nitrogen and oxygen atoms in total. The molecule has 3 rings (SSSR count). The average molecular weight is 348 g/mol. The molecular formula is C15H13F5N2O2. The molecule has 0 saturated carbocycles. The third-order valence-corrected chi connectivity index (χ3v) is 4.45. The minimum atomic E-state index is -5.10. The van der Waals surface area contributed by atoms with Crippen molar-refractivity contribution < 1.29 is 31.5 Å². The van der Waals surface area contributed by atoms with Gasteiger partial charge in [0.05, 0.1) is 16.7 Å². The van der Waals surface area contributed by atoms with Crippen LogP contribution in [0.15, 0.2) is 6.07 Å². The summed E-state index contributed by atoms with van der Waals surface area (Å²) >= 11 is 0. The molecule has 2 aliphatic rings. The van der Waals surface area contributed by atoms with Crippen LogP contribution in [-0.2, 0) is 21.2 Å². The van der Waals surface area contributed by atoms with E-state index in [1.165, 1.54) is 13.8 Å². The molecule has 2 heterocycles. The van der Waals surface area contributed by atoms with Crippen LogP contribution >= 0.6 is 0 Å². The first-order valence-corrected chi connectivity index (χ1v) is 7.19. The fraction of sp³-hybridized carbons (Fsp3) is 0.467. The van der Waals surface area contributed by atoms with E-state index in [2.05, 4.69) is 5.32 Å². The van der Waals surface area contributed by atoms with Crippen LogP contribution < -0.4 is 10.2 Å². The second kappa shape index (κ2) is 4.90. The summed E-state index contributed by atoms with van der Waals surface area (Å²) in [5.41, 5.74) is -4.74.